The second-order valence-electron chi connectivity index (χ2n) is 5.54. The van der Waals surface area contributed by atoms with Crippen LogP contribution in [0.5, 0.6) is 0 Å². The molecule has 2 aromatic rings. The number of rotatable bonds is 7. The van der Waals surface area contributed by atoms with Crippen LogP contribution in [-0.2, 0) is 22.9 Å². The van der Waals surface area contributed by atoms with Crippen molar-refractivity contribution in [3.63, 3.8) is 0 Å². The molecule has 16 nitrogen and oxygen atoms in total. The van der Waals surface area contributed by atoms with Crippen LogP contribution in [-0.4, -0.2) is 55.2 Å². The number of nitrogens with one attached hydrogen (secondary N) is 1. The van der Waals surface area contributed by atoms with E-state index in [1.807, 2.05) is 0 Å². The van der Waals surface area contributed by atoms with Gasteiger partial charge >= 0.3 is 7.82 Å². The minimum atomic E-state index is -5.37. The first-order chi connectivity index (χ1) is 12.6. The Morgan fingerprint density at radius 2 is 2.00 bits per heavy atom. The van der Waals surface area contributed by atoms with Crippen LogP contribution in [0, 0.1) is 0 Å². The smallest absolute Gasteiger partial charge is 0.469 e. The van der Waals surface area contributed by atoms with Crippen molar-refractivity contribution in [1.29, 1.82) is 0 Å². The van der Waals surface area contributed by atoms with Gasteiger partial charge in [-0.25, -0.2) is 19.5 Å². The Balaban J connectivity index is 0.00000210. The molecule has 1 fully saturated rings. The minimum absolute atomic E-state index is 0. The second kappa shape index (κ2) is 9.51. The zero-order chi connectivity index (χ0) is 19.8. The van der Waals surface area contributed by atoms with Gasteiger partial charge in [0.2, 0.25) is 0 Å². The summed E-state index contributed by atoms with van der Waals surface area (Å²) < 4.78 is 37.7. The van der Waals surface area contributed by atoms with E-state index in [1.54, 1.807) is 7.05 Å². The molecule has 0 aromatic carbocycles. The van der Waals surface area contributed by atoms with Gasteiger partial charge in [-0.2, -0.15) is 0 Å². The summed E-state index contributed by atoms with van der Waals surface area (Å²) in [6, 6.07) is 0. The fourth-order valence-electron chi connectivity index (χ4n) is 2.71. The van der Waals surface area contributed by atoms with E-state index in [2.05, 4.69) is 29.3 Å². The van der Waals surface area contributed by atoms with Gasteiger partial charge in [-0.3, -0.25) is 9.09 Å². The largest absolute Gasteiger partial charge is 0.790 e. The Kier molecular flexibility index (Phi) is 8.36. The number of anilines is 1. The summed E-state index contributed by atoms with van der Waals surface area (Å²) in [6.07, 6.45) is -0.840. The number of hydrogen-bond acceptors (Lipinski definition) is 11. The topological polar surface area (TPSA) is 277 Å². The minimum Gasteiger partial charge on any atom is -0.790 e. The summed E-state index contributed by atoms with van der Waals surface area (Å²) in [6.45, 7) is -0.686. The highest BCUT2D eigenvalue weighted by molar-refractivity contribution is 7.46. The molecule has 0 amide bonds. The number of hydrogen-bond donors (Lipinski definition) is 5. The molecule has 29 heavy (non-hydrogen) atoms. The summed E-state index contributed by atoms with van der Waals surface area (Å²) in [5, 5.41) is 2.84. The first-order valence-corrected chi connectivity index (χ1v) is 10.5. The quantitative estimate of drug-likeness (QED) is 0.318. The van der Waals surface area contributed by atoms with Gasteiger partial charge in [0.25, 0.3) is 0 Å². The van der Waals surface area contributed by atoms with Gasteiger partial charge in [0.05, 0.1) is 26.9 Å². The van der Waals surface area contributed by atoms with Gasteiger partial charge < -0.3 is 51.0 Å². The van der Waals surface area contributed by atoms with Crippen molar-refractivity contribution in [3.8, 4) is 0 Å². The van der Waals surface area contributed by atoms with Crippen LogP contribution in [0.15, 0.2) is 12.7 Å². The highest BCUT2D eigenvalue weighted by atomic mass is 31.2. The summed E-state index contributed by atoms with van der Waals surface area (Å²) in [7, 11) is -8.56. The third kappa shape index (κ3) is 6.21. The van der Waals surface area contributed by atoms with Crippen LogP contribution in [0.25, 0.3) is 11.2 Å². The first-order valence-electron chi connectivity index (χ1n) is 7.48. The molecule has 166 valence electrons. The molecule has 1 aliphatic heterocycles. The van der Waals surface area contributed by atoms with Crippen molar-refractivity contribution in [2.75, 3.05) is 19.0 Å². The highest BCUT2D eigenvalue weighted by Crippen LogP contribution is 2.42. The Labute approximate surface area is 164 Å². The lowest BCUT2D eigenvalue weighted by atomic mass is 10.2. The van der Waals surface area contributed by atoms with Crippen molar-refractivity contribution in [2.45, 2.75) is 24.9 Å². The summed E-state index contributed by atoms with van der Waals surface area (Å²) in [4.78, 5) is 51.9. The maximum atomic E-state index is 11.0. The molecule has 11 N–H and O–H groups in total. The molecule has 0 radical (unpaired) electrons. The van der Waals surface area contributed by atoms with Gasteiger partial charge in [0.15, 0.2) is 11.5 Å². The lowest BCUT2D eigenvalue weighted by Crippen LogP contribution is -2.31. The molecule has 2 aromatic heterocycles. The predicted octanol–water partition coefficient (Wildman–Crippen LogP) is -0.769. The average Bonchev–Trinajstić information content (AvgIpc) is 3.14. The number of nitrogens with zero attached hydrogens (tertiary/aromatic N) is 4. The van der Waals surface area contributed by atoms with E-state index in [9.17, 15) is 18.9 Å². The third-order valence-electron chi connectivity index (χ3n) is 3.76. The van der Waals surface area contributed by atoms with E-state index in [0.717, 1.165) is 0 Å². The standard InChI is InChI=1S/C11H17N5O9P2.2H3N/c1-12-10-9-11(14-4-13-10)16(5-15-9)8-2-6(25-27(20,21)22)7(24-8)3-23-26(17,18)19;;/h4-8H,2-3H2,1H3,(H,12,13,14)(H2,17,18,19)(H2,20,21,22);2*1H3/t6-,7+,8+;;/m0../s1. The first kappa shape index (κ1) is 25.5. The van der Waals surface area contributed by atoms with Crippen molar-refractivity contribution >= 4 is 32.6 Å². The number of phosphoric acid groups is 2. The summed E-state index contributed by atoms with van der Waals surface area (Å²) in [5.74, 6) is 0.453. The SMILES string of the molecule is CNc1ncnc2c1ncn2[C@H]1C[C@H](OP(=O)([O-])[O-])[C@@H](COP(=O)(O)O)O1.[NH4+].[NH4+]. The maximum absolute atomic E-state index is 11.0. The van der Waals surface area contributed by atoms with Crippen LogP contribution in [0.2, 0.25) is 0 Å². The lowest BCUT2D eigenvalue weighted by Gasteiger charge is -2.33. The van der Waals surface area contributed by atoms with Crippen LogP contribution in [0.1, 0.15) is 12.6 Å². The molecule has 0 bridgehead atoms. The lowest BCUT2D eigenvalue weighted by molar-refractivity contribution is -0.345. The molecule has 3 heterocycles. The van der Waals surface area contributed by atoms with Crippen LogP contribution >= 0.6 is 15.6 Å². The number of imidazole rings is 1. The molecule has 1 aliphatic rings. The second-order valence-corrected chi connectivity index (χ2v) is 7.88. The van der Waals surface area contributed by atoms with E-state index in [4.69, 9.17) is 14.5 Å². The Morgan fingerprint density at radius 3 is 2.59 bits per heavy atom. The van der Waals surface area contributed by atoms with Gasteiger partial charge in [0, 0.05) is 13.5 Å². The molecular formula is C11H23N7O9P2. The van der Waals surface area contributed by atoms with Gasteiger partial charge in [0.1, 0.15) is 24.2 Å². The molecule has 0 saturated carbocycles. The zero-order valence-electron chi connectivity index (χ0n) is 15.7. The van der Waals surface area contributed by atoms with Crippen molar-refractivity contribution in [1.82, 2.24) is 31.8 Å². The molecule has 0 spiro atoms. The summed E-state index contributed by atoms with van der Waals surface area (Å²) >= 11 is 0. The molecule has 3 atom stereocenters. The third-order valence-corrected chi connectivity index (χ3v) is 4.77. The van der Waals surface area contributed by atoms with Crippen LogP contribution < -0.4 is 27.4 Å². The van der Waals surface area contributed by atoms with E-state index in [1.165, 1.54) is 17.2 Å². The van der Waals surface area contributed by atoms with E-state index in [-0.39, 0.29) is 18.7 Å². The van der Waals surface area contributed by atoms with Crippen LogP contribution in [0.4, 0.5) is 5.82 Å². The fraction of sp³-hybridized carbons (Fsp3) is 0.545. The van der Waals surface area contributed by atoms with Gasteiger partial charge in [-0.15, -0.1) is 0 Å². The number of ether oxygens (including phenoxy) is 1. The van der Waals surface area contributed by atoms with Gasteiger partial charge in [-0.05, 0) is 0 Å². The number of phosphoric ester groups is 2. The monoisotopic (exact) mass is 459 g/mol. The molecule has 0 unspecified atom stereocenters. The van der Waals surface area contributed by atoms with E-state index in [0.29, 0.717) is 17.0 Å². The predicted molar refractivity (Wildman–Crippen MR) is 95.8 cm³/mol. The molecule has 1 saturated heterocycles. The normalized spacial score (nSPS) is 22.2. The van der Waals surface area contributed by atoms with Crippen LogP contribution in [0.3, 0.4) is 0 Å². The zero-order valence-corrected chi connectivity index (χ0v) is 17.5. The van der Waals surface area contributed by atoms with Gasteiger partial charge in [-0.1, -0.05) is 0 Å². The fourth-order valence-corrected chi connectivity index (χ4v) is 3.61. The Morgan fingerprint density at radius 1 is 1.31 bits per heavy atom. The van der Waals surface area contributed by atoms with E-state index >= 15 is 0 Å². The average molecular weight is 459 g/mol. The highest BCUT2D eigenvalue weighted by Gasteiger charge is 2.39. The Hall–Kier alpha value is -1.55. The molecule has 0 aliphatic carbocycles. The van der Waals surface area contributed by atoms with E-state index < -0.39 is 40.7 Å². The number of aromatic nitrogens is 4. The maximum Gasteiger partial charge on any atom is 0.469 e. The molecule has 3 rings (SSSR count). The van der Waals surface area contributed by atoms with Crippen molar-refractivity contribution in [3.05, 3.63) is 12.7 Å². The molecular weight excluding hydrogens is 436 g/mol. The number of fused-ring (bicyclic) bond motifs is 1. The Bertz CT molecular complexity index is 915. The van der Waals surface area contributed by atoms with Crippen molar-refractivity contribution in [2.24, 2.45) is 0 Å². The number of quaternary nitrogens is 2. The van der Waals surface area contributed by atoms with Crippen molar-refractivity contribution < 1.29 is 42.5 Å². The molecule has 18 heteroatoms. The summed E-state index contributed by atoms with van der Waals surface area (Å²) in [5.41, 5.74) is 0.788.